The molecule has 148 valence electrons. The Morgan fingerprint density at radius 2 is 1.86 bits per heavy atom. The number of hydrogen-bond donors (Lipinski definition) is 0. The zero-order chi connectivity index (χ0) is 19.6. The molecule has 0 aliphatic carbocycles. The van der Waals surface area contributed by atoms with Crippen LogP contribution < -0.4 is 0 Å². The summed E-state index contributed by atoms with van der Waals surface area (Å²) in [6, 6.07) is 5.73. The summed E-state index contributed by atoms with van der Waals surface area (Å²) in [6.45, 7) is 5.59. The van der Waals surface area contributed by atoms with Gasteiger partial charge in [0.05, 0.1) is 0 Å². The van der Waals surface area contributed by atoms with Crippen molar-refractivity contribution in [3.63, 3.8) is 0 Å². The minimum Gasteiger partial charge on any atom is -0.338 e. The van der Waals surface area contributed by atoms with Crippen LogP contribution in [0.3, 0.4) is 0 Å². The summed E-state index contributed by atoms with van der Waals surface area (Å²) < 4.78 is 1.75. The highest BCUT2D eigenvalue weighted by Gasteiger charge is 2.42. The molecule has 1 spiro atoms. The molecule has 7 nitrogen and oxygen atoms in total. The molecule has 0 unspecified atom stereocenters. The lowest BCUT2D eigenvalue weighted by Gasteiger charge is -2.47. The molecule has 4 heterocycles. The van der Waals surface area contributed by atoms with Gasteiger partial charge in [-0.05, 0) is 55.4 Å². The number of nitrogens with zero attached hydrogens (tertiary/aromatic N) is 5. The lowest BCUT2D eigenvalue weighted by Crippen LogP contribution is -2.52. The molecule has 2 amide bonds. The van der Waals surface area contributed by atoms with E-state index in [4.69, 9.17) is 0 Å². The molecule has 0 radical (unpaired) electrons. The second-order valence-electron chi connectivity index (χ2n) is 7.93. The molecule has 0 aromatic carbocycles. The van der Waals surface area contributed by atoms with Crippen LogP contribution in [0.25, 0.3) is 0 Å². The Kier molecular flexibility index (Phi) is 5.15. The van der Waals surface area contributed by atoms with E-state index in [2.05, 4.69) is 10.1 Å². The third-order valence-corrected chi connectivity index (χ3v) is 6.22. The van der Waals surface area contributed by atoms with Gasteiger partial charge in [-0.15, -0.1) is 0 Å². The SMILES string of the molecule is CCn1nccc1C(=O)N1CCC2(CCC(=O)N(Cc3ccncc3)C2)CC1. The van der Waals surface area contributed by atoms with Crippen molar-refractivity contribution in [3.8, 4) is 0 Å². The fourth-order valence-corrected chi connectivity index (χ4v) is 4.48. The molecule has 0 atom stereocenters. The van der Waals surface area contributed by atoms with E-state index in [-0.39, 0.29) is 17.2 Å². The maximum Gasteiger partial charge on any atom is 0.272 e. The van der Waals surface area contributed by atoms with Gasteiger partial charge in [-0.1, -0.05) is 0 Å². The fourth-order valence-electron chi connectivity index (χ4n) is 4.48. The van der Waals surface area contributed by atoms with E-state index >= 15 is 0 Å². The molecule has 2 aromatic rings. The molecule has 4 rings (SSSR count). The quantitative estimate of drug-likeness (QED) is 0.815. The maximum atomic E-state index is 12.9. The minimum atomic E-state index is 0.0646. The van der Waals surface area contributed by atoms with Gasteiger partial charge in [0.25, 0.3) is 5.91 Å². The van der Waals surface area contributed by atoms with Crippen LogP contribution >= 0.6 is 0 Å². The van der Waals surface area contributed by atoms with E-state index in [9.17, 15) is 9.59 Å². The monoisotopic (exact) mass is 381 g/mol. The summed E-state index contributed by atoms with van der Waals surface area (Å²) in [7, 11) is 0. The van der Waals surface area contributed by atoms with Gasteiger partial charge >= 0.3 is 0 Å². The van der Waals surface area contributed by atoms with Crippen molar-refractivity contribution in [2.45, 2.75) is 45.7 Å². The lowest BCUT2D eigenvalue weighted by atomic mass is 9.72. The van der Waals surface area contributed by atoms with Crippen LogP contribution in [0.1, 0.15) is 48.7 Å². The summed E-state index contributed by atoms with van der Waals surface area (Å²) in [4.78, 5) is 33.3. The Morgan fingerprint density at radius 3 is 2.57 bits per heavy atom. The smallest absolute Gasteiger partial charge is 0.272 e. The highest BCUT2D eigenvalue weighted by molar-refractivity contribution is 5.92. The van der Waals surface area contributed by atoms with Crippen LogP contribution in [0, 0.1) is 5.41 Å². The van der Waals surface area contributed by atoms with E-state index in [1.165, 1.54) is 0 Å². The van der Waals surface area contributed by atoms with Crippen LogP contribution in [0.2, 0.25) is 0 Å². The molecule has 2 saturated heterocycles. The standard InChI is InChI=1S/C21H27N5O2/c1-2-26-18(6-12-23-26)20(28)24-13-8-21(9-14-24)7-3-19(27)25(16-21)15-17-4-10-22-11-5-17/h4-6,10-12H,2-3,7-9,13-16H2,1H3. The third kappa shape index (κ3) is 3.66. The van der Waals surface area contributed by atoms with Gasteiger partial charge in [-0.25, -0.2) is 0 Å². The first-order valence-electron chi connectivity index (χ1n) is 10.1. The predicted molar refractivity (Wildman–Crippen MR) is 104 cm³/mol. The normalized spacial score (nSPS) is 19.2. The summed E-state index contributed by atoms with van der Waals surface area (Å²) in [6.07, 6.45) is 8.63. The lowest BCUT2D eigenvalue weighted by molar-refractivity contribution is -0.139. The molecule has 0 saturated carbocycles. The van der Waals surface area contributed by atoms with Crippen LogP contribution in [0.15, 0.2) is 36.8 Å². The second-order valence-corrected chi connectivity index (χ2v) is 7.93. The minimum absolute atomic E-state index is 0.0646. The first-order chi connectivity index (χ1) is 13.6. The fraction of sp³-hybridized carbons (Fsp3) is 0.524. The van der Waals surface area contributed by atoms with E-state index in [0.29, 0.717) is 25.2 Å². The number of likely N-dealkylation sites (tertiary alicyclic amines) is 2. The Hall–Kier alpha value is -2.70. The summed E-state index contributed by atoms with van der Waals surface area (Å²) in [5, 5.41) is 4.21. The van der Waals surface area contributed by atoms with Crippen molar-refractivity contribution in [2.75, 3.05) is 19.6 Å². The topological polar surface area (TPSA) is 71.3 Å². The molecule has 0 N–H and O–H groups in total. The number of carbonyl (C=O) groups excluding carboxylic acids is 2. The Morgan fingerprint density at radius 1 is 1.11 bits per heavy atom. The number of rotatable bonds is 4. The molecule has 0 bridgehead atoms. The maximum absolute atomic E-state index is 12.9. The molecule has 2 fully saturated rings. The molecule has 2 aromatic heterocycles. The van der Waals surface area contributed by atoms with E-state index in [1.54, 1.807) is 29.3 Å². The van der Waals surface area contributed by atoms with Gasteiger partial charge in [0, 0.05) is 57.7 Å². The van der Waals surface area contributed by atoms with Crippen LogP contribution in [0.4, 0.5) is 0 Å². The average molecular weight is 381 g/mol. The van der Waals surface area contributed by atoms with Gasteiger partial charge in [0.2, 0.25) is 5.91 Å². The van der Waals surface area contributed by atoms with Crippen molar-refractivity contribution in [1.82, 2.24) is 24.6 Å². The predicted octanol–water partition coefficient (Wildman–Crippen LogP) is 2.34. The second kappa shape index (κ2) is 7.73. The molecule has 28 heavy (non-hydrogen) atoms. The molecule has 2 aliphatic heterocycles. The van der Waals surface area contributed by atoms with Crippen molar-refractivity contribution < 1.29 is 9.59 Å². The third-order valence-electron chi connectivity index (χ3n) is 6.22. The number of pyridine rings is 1. The van der Waals surface area contributed by atoms with E-state index < -0.39 is 0 Å². The van der Waals surface area contributed by atoms with Gasteiger partial charge in [-0.3, -0.25) is 19.3 Å². The number of aryl methyl sites for hydroxylation is 1. The van der Waals surface area contributed by atoms with E-state index in [0.717, 1.165) is 44.5 Å². The van der Waals surface area contributed by atoms with Crippen molar-refractivity contribution >= 4 is 11.8 Å². The molecular weight excluding hydrogens is 354 g/mol. The molecular formula is C21H27N5O2. The number of hydrogen-bond acceptors (Lipinski definition) is 4. The number of amides is 2. The number of piperidine rings is 2. The molecule has 2 aliphatic rings. The number of carbonyl (C=O) groups is 2. The number of aromatic nitrogens is 3. The largest absolute Gasteiger partial charge is 0.338 e. The molecule has 7 heteroatoms. The van der Waals surface area contributed by atoms with Crippen molar-refractivity contribution in [1.29, 1.82) is 0 Å². The van der Waals surface area contributed by atoms with E-state index in [1.807, 2.05) is 28.9 Å². The summed E-state index contributed by atoms with van der Waals surface area (Å²) in [5.41, 5.74) is 1.90. The summed E-state index contributed by atoms with van der Waals surface area (Å²) in [5.74, 6) is 0.294. The summed E-state index contributed by atoms with van der Waals surface area (Å²) >= 11 is 0. The van der Waals surface area contributed by atoms with Gasteiger partial charge < -0.3 is 9.80 Å². The van der Waals surface area contributed by atoms with Crippen LogP contribution in [-0.2, 0) is 17.9 Å². The van der Waals surface area contributed by atoms with Crippen LogP contribution in [0.5, 0.6) is 0 Å². The van der Waals surface area contributed by atoms with Crippen LogP contribution in [-0.4, -0.2) is 56.0 Å². The van der Waals surface area contributed by atoms with Gasteiger partial charge in [-0.2, -0.15) is 5.10 Å². The first-order valence-corrected chi connectivity index (χ1v) is 10.1. The highest BCUT2D eigenvalue weighted by atomic mass is 16.2. The average Bonchev–Trinajstić information content (AvgIpc) is 3.21. The highest BCUT2D eigenvalue weighted by Crippen LogP contribution is 2.40. The Bertz CT molecular complexity index is 839. The Balaban J connectivity index is 1.40. The van der Waals surface area contributed by atoms with Crippen molar-refractivity contribution in [2.24, 2.45) is 5.41 Å². The van der Waals surface area contributed by atoms with Gasteiger partial charge in [0.1, 0.15) is 5.69 Å². The zero-order valence-corrected chi connectivity index (χ0v) is 16.4. The zero-order valence-electron chi connectivity index (χ0n) is 16.4. The first kappa shape index (κ1) is 18.7. The Labute approximate surface area is 165 Å². The van der Waals surface area contributed by atoms with Gasteiger partial charge in [0.15, 0.2) is 0 Å². The van der Waals surface area contributed by atoms with Crippen molar-refractivity contribution in [3.05, 3.63) is 48.0 Å².